The van der Waals surface area contributed by atoms with Gasteiger partial charge in [-0.3, -0.25) is 0 Å². The van der Waals surface area contributed by atoms with E-state index in [0.29, 0.717) is 6.42 Å². The molecule has 1 atom stereocenters. The van der Waals surface area contributed by atoms with Crippen molar-refractivity contribution in [3.63, 3.8) is 0 Å². The van der Waals surface area contributed by atoms with Gasteiger partial charge in [0.1, 0.15) is 0 Å². The van der Waals surface area contributed by atoms with E-state index in [-0.39, 0.29) is 13.0 Å². The van der Waals surface area contributed by atoms with Crippen molar-refractivity contribution < 1.29 is 18.3 Å². The first-order valence-corrected chi connectivity index (χ1v) is 4.37. The van der Waals surface area contributed by atoms with Crippen LogP contribution in [0.4, 0.5) is 8.78 Å². The molecule has 14 heavy (non-hydrogen) atoms. The fourth-order valence-electron chi connectivity index (χ4n) is 0.914. The van der Waals surface area contributed by atoms with E-state index < -0.39 is 17.5 Å². The van der Waals surface area contributed by atoms with Crippen LogP contribution in [-0.2, 0) is 9.53 Å². The quantitative estimate of drug-likeness (QED) is 0.399. The minimum atomic E-state index is -2.88. The molecule has 3 N–H and O–H groups in total. The van der Waals surface area contributed by atoms with Crippen molar-refractivity contribution in [3.8, 4) is 0 Å². The van der Waals surface area contributed by atoms with Crippen LogP contribution in [0.5, 0.6) is 0 Å². The molecule has 0 heterocycles. The zero-order chi connectivity index (χ0) is 11.2. The largest absolute Gasteiger partial charge is 0.467 e. The maximum Gasteiger partial charge on any atom is 0.341 e. The second-order valence-corrected chi connectivity index (χ2v) is 3.28. The third-order valence-electron chi connectivity index (χ3n) is 1.57. The van der Waals surface area contributed by atoms with Crippen LogP contribution in [-0.4, -0.2) is 31.2 Å². The lowest BCUT2D eigenvalue weighted by molar-refractivity contribution is -0.147. The number of halogens is 3. The van der Waals surface area contributed by atoms with Crippen LogP contribution in [0.25, 0.3) is 0 Å². The maximum atomic E-state index is 12.0. The van der Waals surface area contributed by atoms with Crippen LogP contribution >= 0.6 is 11.6 Å². The first-order valence-electron chi connectivity index (χ1n) is 3.99. The highest BCUT2D eigenvalue weighted by Gasteiger charge is 2.38. The van der Waals surface area contributed by atoms with Gasteiger partial charge in [0.2, 0.25) is 0 Å². The molecule has 0 aromatic heterocycles. The number of methoxy groups -OCH3 is 1. The summed E-state index contributed by atoms with van der Waals surface area (Å²) in [4.78, 5) is 9.20. The van der Waals surface area contributed by atoms with Gasteiger partial charge in [-0.2, -0.15) is 8.78 Å². The number of hydrogen-bond acceptors (Lipinski definition) is 4. The fourth-order valence-corrected chi connectivity index (χ4v) is 1.21. The van der Waals surface area contributed by atoms with Crippen LogP contribution in [0, 0.1) is 0 Å². The van der Waals surface area contributed by atoms with E-state index in [1.54, 1.807) is 5.32 Å². The summed E-state index contributed by atoms with van der Waals surface area (Å²) >= 11 is 5.64. The summed E-state index contributed by atoms with van der Waals surface area (Å²) in [6.07, 6.45) is 0.334. The standard InChI is InChI=1S/C7H13ClF2N2O2/c1-14-5(13)7(8,3-2-4-11)12-6(9)10/h6,12H,2-4,11H2,1H3. The Morgan fingerprint density at radius 1 is 1.71 bits per heavy atom. The fraction of sp³-hybridized carbons (Fsp3) is 0.857. The van der Waals surface area contributed by atoms with Crippen molar-refractivity contribution in [2.75, 3.05) is 13.7 Å². The third kappa shape index (κ3) is 4.17. The maximum absolute atomic E-state index is 12.0. The summed E-state index contributed by atoms with van der Waals surface area (Å²) < 4.78 is 28.3. The molecule has 0 aliphatic rings. The second-order valence-electron chi connectivity index (χ2n) is 2.63. The Bertz CT molecular complexity index is 195. The molecule has 0 aliphatic carbocycles. The van der Waals surface area contributed by atoms with Gasteiger partial charge in [-0.05, 0) is 19.4 Å². The molecule has 0 aromatic carbocycles. The molecule has 0 rings (SSSR count). The van der Waals surface area contributed by atoms with E-state index in [4.69, 9.17) is 17.3 Å². The highest BCUT2D eigenvalue weighted by atomic mass is 35.5. The lowest BCUT2D eigenvalue weighted by atomic mass is 10.1. The van der Waals surface area contributed by atoms with E-state index in [0.717, 1.165) is 7.11 Å². The predicted octanol–water partition coefficient (Wildman–Crippen LogP) is 0.646. The van der Waals surface area contributed by atoms with E-state index in [9.17, 15) is 13.6 Å². The summed E-state index contributed by atoms with van der Waals surface area (Å²) in [7, 11) is 1.08. The highest BCUT2D eigenvalue weighted by molar-refractivity contribution is 6.33. The van der Waals surface area contributed by atoms with E-state index >= 15 is 0 Å². The van der Waals surface area contributed by atoms with Crippen molar-refractivity contribution in [1.29, 1.82) is 0 Å². The minimum Gasteiger partial charge on any atom is -0.467 e. The Morgan fingerprint density at radius 2 is 2.29 bits per heavy atom. The third-order valence-corrected chi connectivity index (χ3v) is 2.02. The molecule has 7 heteroatoms. The number of nitrogens with two attached hydrogens (primary N) is 1. The first-order chi connectivity index (χ1) is 6.46. The number of carbonyl (C=O) groups excluding carboxylic acids is 1. The van der Waals surface area contributed by atoms with Crippen LogP contribution in [0.1, 0.15) is 12.8 Å². The molecule has 0 saturated carbocycles. The highest BCUT2D eigenvalue weighted by Crippen LogP contribution is 2.21. The smallest absolute Gasteiger partial charge is 0.341 e. The van der Waals surface area contributed by atoms with Gasteiger partial charge in [-0.15, -0.1) is 0 Å². The average Bonchev–Trinajstić information content (AvgIpc) is 2.12. The molecule has 0 aliphatic heterocycles. The SMILES string of the molecule is COC(=O)C(Cl)(CCCN)NC(F)F. The Morgan fingerprint density at radius 3 is 2.64 bits per heavy atom. The summed E-state index contributed by atoms with van der Waals surface area (Å²) in [6.45, 7) is -2.62. The zero-order valence-electron chi connectivity index (χ0n) is 7.73. The van der Waals surface area contributed by atoms with Gasteiger partial charge < -0.3 is 10.5 Å². The summed E-state index contributed by atoms with van der Waals surface area (Å²) in [5, 5.41) is 1.64. The second kappa shape index (κ2) is 6.10. The molecule has 0 spiro atoms. The van der Waals surface area contributed by atoms with E-state index in [2.05, 4.69) is 4.74 Å². The van der Waals surface area contributed by atoms with Gasteiger partial charge >= 0.3 is 5.97 Å². The lowest BCUT2D eigenvalue weighted by Gasteiger charge is -2.24. The van der Waals surface area contributed by atoms with Crippen LogP contribution in [0.15, 0.2) is 0 Å². The monoisotopic (exact) mass is 230 g/mol. The normalized spacial score (nSPS) is 15.3. The number of carbonyl (C=O) groups is 1. The molecule has 0 bridgehead atoms. The molecular formula is C7H13ClF2N2O2. The van der Waals surface area contributed by atoms with Crippen molar-refractivity contribution in [3.05, 3.63) is 0 Å². The molecular weight excluding hydrogens is 218 g/mol. The van der Waals surface area contributed by atoms with Gasteiger partial charge in [0.25, 0.3) is 6.55 Å². The number of ether oxygens (including phenoxy) is 1. The van der Waals surface area contributed by atoms with Crippen LogP contribution in [0.2, 0.25) is 0 Å². The van der Waals surface area contributed by atoms with E-state index in [1.807, 2.05) is 0 Å². The lowest BCUT2D eigenvalue weighted by Crippen LogP contribution is -2.50. The topological polar surface area (TPSA) is 64.3 Å². The Hall–Kier alpha value is -0.460. The molecule has 1 unspecified atom stereocenters. The van der Waals surface area contributed by atoms with Gasteiger partial charge in [0, 0.05) is 0 Å². The van der Waals surface area contributed by atoms with Gasteiger partial charge in [-0.1, -0.05) is 11.6 Å². The summed E-state index contributed by atoms with van der Waals surface area (Å²) in [5.74, 6) is -0.937. The summed E-state index contributed by atoms with van der Waals surface area (Å²) in [5.41, 5.74) is 5.18. The Labute approximate surface area is 85.7 Å². The number of alkyl halides is 3. The number of esters is 1. The average molecular weight is 231 g/mol. The molecule has 4 nitrogen and oxygen atoms in total. The van der Waals surface area contributed by atoms with Crippen molar-refractivity contribution >= 4 is 17.6 Å². The Kier molecular flexibility index (Phi) is 5.90. The number of rotatable bonds is 6. The molecule has 0 aromatic rings. The first kappa shape index (κ1) is 13.5. The van der Waals surface area contributed by atoms with Crippen molar-refractivity contribution in [1.82, 2.24) is 5.32 Å². The van der Waals surface area contributed by atoms with Crippen LogP contribution < -0.4 is 11.1 Å². The Balaban J connectivity index is 4.40. The minimum absolute atomic E-state index is 0.0118. The van der Waals surface area contributed by atoms with Gasteiger partial charge in [0.15, 0.2) is 5.00 Å². The molecule has 0 fully saturated rings. The number of nitrogens with one attached hydrogen (secondary N) is 1. The summed E-state index contributed by atoms with van der Waals surface area (Å²) in [6, 6.07) is 0. The van der Waals surface area contributed by atoms with Crippen molar-refractivity contribution in [2.24, 2.45) is 5.73 Å². The molecule has 0 radical (unpaired) electrons. The molecule has 0 saturated heterocycles. The zero-order valence-corrected chi connectivity index (χ0v) is 8.48. The number of hydrogen-bond donors (Lipinski definition) is 2. The predicted molar refractivity (Wildman–Crippen MR) is 48.0 cm³/mol. The van der Waals surface area contributed by atoms with Crippen molar-refractivity contribution in [2.45, 2.75) is 24.4 Å². The van der Waals surface area contributed by atoms with E-state index in [1.165, 1.54) is 0 Å². The molecule has 0 amide bonds. The van der Waals surface area contributed by atoms with Gasteiger partial charge in [-0.25, -0.2) is 10.1 Å². The molecule has 84 valence electrons. The van der Waals surface area contributed by atoms with Gasteiger partial charge in [0.05, 0.1) is 7.11 Å². The van der Waals surface area contributed by atoms with Crippen LogP contribution in [0.3, 0.4) is 0 Å².